The SMILES string of the molecule is C[C@H](O)C[C@H]1CCCN1C(=O)Nc1cccc(COC[C@@H]2CCCCO2)c1. The first kappa shape index (κ1) is 20.1. The number of carbonyl (C=O) groups excluding carboxylic acids is 1. The van der Waals surface area contributed by atoms with Crippen molar-refractivity contribution in [2.24, 2.45) is 0 Å². The largest absolute Gasteiger partial charge is 0.393 e. The Morgan fingerprint density at radius 1 is 1.37 bits per heavy atom. The lowest BCUT2D eigenvalue weighted by atomic mass is 10.1. The van der Waals surface area contributed by atoms with Crippen LogP contribution in [0.3, 0.4) is 0 Å². The van der Waals surface area contributed by atoms with E-state index in [2.05, 4.69) is 5.32 Å². The third kappa shape index (κ3) is 6.19. The molecular formula is C21H32N2O4. The summed E-state index contributed by atoms with van der Waals surface area (Å²) in [5.74, 6) is 0. The highest BCUT2D eigenvalue weighted by molar-refractivity contribution is 5.89. The fraction of sp³-hybridized carbons (Fsp3) is 0.667. The van der Waals surface area contributed by atoms with Crippen LogP contribution in [0.1, 0.15) is 51.0 Å². The molecule has 6 heteroatoms. The van der Waals surface area contributed by atoms with E-state index in [-0.39, 0.29) is 18.2 Å². The smallest absolute Gasteiger partial charge is 0.322 e. The van der Waals surface area contributed by atoms with Crippen molar-refractivity contribution < 1.29 is 19.4 Å². The maximum absolute atomic E-state index is 12.6. The first-order valence-corrected chi connectivity index (χ1v) is 10.2. The number of amides is 2. The van der Waals surface area contributed by atoms with Crippen molar-refractivity contribution in [1.29, 1.82) is 0 Å². The molecular weight excluding hydrogens is 344 g/mol. The van der Waals surface area contributed by atoms with Gasteiger partial charge in [0.25, 0.3) is 0 Å². The zero-order valence-corrected chi connectivity index (χ0v) is 16.2. The summed E-state index contributed by atoms with van der Waals surface area (Å²) in [4.78, 5) is 14.5. The topological polar surface area (TPSA) is 71.0 Å². The van der Waals surface area contributed by atoms with E-state index in [9.17, 15) is 9.90 Å². The number of ether oxygens (including phenoxy) is 2. The fourth-order valence-electron chi connectivity index (χ4n) is 3.92. The van der Waals surface area contributed by atoms with Crippen LogP contribution in [-0.2, 0) is 16.1 Å². The number of hydrogen-bond donors (Lipinski definition) is 2. The molecule has 0 unspecified atom stereocenters. The quantitative estimate of drug-likeness (QED) is 0.764. The Morgan fingerprint density at radius 3 is 3.04 bits per heavy atom. The Morgan fingerprint density at radius 2 is 2.26 bits per heavy atom. The number of carbonyl (C=O) groups is 1. The predicted molar refractivity (Wildman–Crippen MR) is 105 cm³/mol. The number of nitrogens with one attached hydrogen (secondary N) is 1. The molecule has 150 valence electrons. The molecule has 1 aromatic rings. The maximum Gasteiger partial charge on any atom is 0.322 e. The number of aliphatic hydroxyl groups excluding tert-OH is 1. The monoisotopic (exact) mass is 376 g/mol. The number of nitrogens with zero attached hydrogens (tertiary/aromatic N) is 1. The van der Waals surface area contributed by atoms with Gasteiger partial charge < -0.3 is 24.8 Å². The van der Waals surface area contributed by atoms with Crippen LogP contribution in [0, 0.1) is 0 Å². The highest BCUT2D eigenvalue weighted by Gasteiger charge is 2.29. The van der Waals surface area contributed by atoms with Crippen molar-refractivity contribution in [3.63, 3.8) is 0 Å². The summed E-state index contributed by atoms with van der Waals surface area (Å²) in [6, 6.07) is 7.82. The zero-order valence-electron chi connectivity index (χ0n) is 16.2. The van der Waals surface area contributed by atoms with E-state index in [1.54, 1.807) is 6.92 Å². The van der Waals surface area contributed by atoms with E-state index in [0.29, 0.717) is 19.6 Å². The van der Waals surface area contributed by atoms with Gasteiger partial charge in [0.05, 0.1) is 25.4 Å². The number of aliphatic hydroxyl groups is 1. The van der Waals surface area contributed by atoms with Gasteiger partial charge in [0.15, 0.2) is 0 Å². The number of rotatable bonds is 7. The average Bonchev–Trinajstić information content (AvgIpc) is 3.10. The van der Waals surface area contributed by atoms with Crippen molar-refractivity contribution >= 4 is 11.7 Å². The zero-order chi connectivity index (χ0) is 19.1. The number of benzene rings is 1. The summed E-state index contributed by atoms with van der Waals surface area (Å²) >= 11 is 0. The number of urea groups is 1. The van der Waals surface area contributed by atoms with Gasteiger partial charge in [0, 0.05) is 24.9 Å². The van der Waals surface area contributed by atoms with Gasteiger partial charge in [-0.2, -0.15) is 0 Å². The fourth-order valence-corrected chi connectivity index (χ4v) is 3.92. The second-order valence-corrected chi connectivity index (χ2v) is 7.71. The van der Waals surface area contributed by atoms with Crippen LogP contribution in [0.4, 0.5) is 10.5 Å². The first-order valence-electron chi connectivity index (χ1n) is 10.2. The highest BCUT2D eigenvalue weighted by Crippen LogP contribution is 2.23. The lowest BCUT2D eigenvalue weighted by molar-refractivity contribution is -0.0447. The predicted octanol–water partition coefficient (Wildman–Crippen LogP) is 3.54. The Hall–Kier alpha value is -1.63. The van der Waals surface area contributed by atoms with E-state index in [1.165, 1.54) is 6.42 Å². The Labute approximate surface area is 161 Å². The van der Waals surface area contributed by atoms with Crippen LogP contribution in [0.25, 0.3) is 0 Å². The molecule has 3 rings (SSSR count). The summed E-state index contributed by atoms with van der Waals surface area (Å²) in [7, 11) is 0. The molecule has 2 aliphatic rings. The van der Waals surface area contributed by atoms with Gasteiger partial charge in [-0.1, -0.05) is 12.1 Å². The Balaban J connectivity index is 1.48. The van der Waals surface area contributed by atoms with E-state index in [1.807, 2.05) is 29.2 Å². The van der Waals surface area contributed by atoms with Gasteiger partial charge in [-0.05, 0) is 63.1 Å². The minimum absolute atomic E-state index is 0.0909. The lowest BCUT2D eigenvalue weighted by Gasteiger charge is -2.26. The summed E-state index contributed by atoms with van der Waals surface area (Å²) in [5, 5.41) is 12.6. The minimum atomic E-state index is -0.392. The number of anilines is 1. The molecule has 0 radical (unpaired) electrons. The molecule has 0 aliphatic carbocycles. The molecule has 2 fully saturated rings. The second kappa shape index (κ2) is 10.1. The molecule has 0 spiro atoms. The molecule has 2 aliphatic heterocycles. The summed E-state index contributed by atoms with van der Waals surface area (Å²) in [6.07, 6.45) is 5.82. The van der Waals surface area contributed by atoms with Crippen LogP contribution in [-0.4, -0.2) is 54.0 Å². The van der Waals surface area contributed by atoms with E-state index < -0.39 is 6.10 Å². The molecule has 2 N–H and O–H groups in total. The van der Waals surface area contributed by atoms with Crippen molar-refractivity contribution in [3.8, 4) is 0 Å². The molecule has 2 amide bonds. The molecule has 0 saturated carbocycles. The second-order valence-electron chi connectivity index (χ2n) is 7.71. The van der Waals surface area contributed by atoms with Gasteiger partial charge >= 0.3 is 6.03 Å². The molecule has 3 atom stereocenters. The van der Waals surface area contributed by atoms with Gasteiger partial charge in [-0.25, -0.2) is 4.79 Å². The van der Waals surface area contributed by atoms with Gasteiger partial charge in [-0.15, -0.1) is 0 Å². The lowest BCUT2D eigenvalue weighted by Crippen LogP contribution is -2.40. The highest BCUT2D eigenvalue weighted by atomic mass is 16.5. The molecule has 0 bridgehead atoms. The maximum atomic E-state index is 12.6. The standard InChI is InChI=1S/C21H32N2O4/c1-16(24)12-19-8-5-10-23(19)21(25)22-18-7-4-6-17(13-18)14-26-15-20-9-2-3-11-27-20/h4,6-7,13,16,19-20,24H,2-3,5,8-12,14-15H2,1H3,(H,22,25)/t16-,19+,20-/m0/s1. The minimum Gasteiger partial charge on any atom is -0.393 e. The molecule has 6 nitrogen and oxygen atoms in total. The van der Waals surface area contributed by atoms with Gasteiger partial charge in [0.2, 0.25) is 0 Å². The molecule has 2 heterocycles. The van der Waals surface area contributed by atoms with E-state index in [4.69, 9.17) is 9.47 Å². The Bertz CT molecular complexity index is 602. The van der Waals surface area contributed by atoms with Crippen LogP contribution in [0.15, 0.2) is 24.3 Å². The van der Waals surface area contributed by atoms with Gasteiger partial charge in [0.1, 0.15) is 0 Å². The number of likely N-dealkylation sites (tertiary alicyclic amines) is 1. The molecule has 27 heavy (non-hydrogen) atoms. The first-order chi connectivity index (χ1) is 13.1. The van der Waals surface area contributed by atoms with Crippen LogP contribution < -0.4 is 5.32 Å². The summed E-state index contributed by atoms with van der Waals surface area (Å²) < 4.78 is 11.5. The molecule has 0 aromatic heterocycles. The summed E-state index contributed by atoms with van der Waals surface area (Å²) in [5.41, 5.74) is 1.81. The Kier molecular flexibility index (Phi) is 7.50. The molecule has 1 aromatic carbocycles. The van der Waals surface area contributed by atoms with Crippen LogP contribution >= 0.6 is 0 Å². The normalized spacial score (nSPS) is 24.0. The van der Waals surface area contributed by atoms with Crippen LogP contribution in [0.5, 0.6) is 0 Å². The average molecular weight is 376 g/mol. The van der Waals surface area contributed by atoms with Crippen LogP contribution in [0.2, 0.25) is 0 Å². The van der Waals surface area contributed by atoms with Gasteiger partial charge in [-0.3, -0.25) is 0 Å². The van der Waals surface area contributed by atoms with Crippen molar-refractivity contribution in [2.75, 3.05) is 25.1 Å². The third-order valence-corrected chi connectivity index (χ3v) is 5.28. The van der Waals surface area contributed by atoms with Crippen molar-refractivity contribution in [2.45, 2.75) is 70.3 Å². The third-order valence-electron chi connectivity index (χ3n) is 5.28. The number of hydrogen-bond acceptors (Lipinski definition) is 4. The summed E-state index contributed by atoms with van der Waals surface area (Å²) in [6.45, 7) is 4.48. The molecule has 2 saturated heterocycles. The van der Waals surface area contributed by atoms with Crippen molar-refractivity contribution in [3.05, 3.63) is 29.8 Å². The van der Waals surface area contributed by atoms with Crippen molar-refractivity contribution in [1.82, 2.24) is 4.90 Å². The van der Waals surface area contributed by atoms with E-state index >= 15 is 0 Å². The van der Waals surface area contributed by atoms with E-state index in [0.717, 1.165) is 50.1 Å².